The molecule has 2 rings (SSSR count). The molecule has 2 fully saturated rings. The Morgan fingerprint density at radius 2 is 2.07 bits per heavy atom. The summed E-state index contributed by atoms with van der Waals surface area (Å²) in [6.45, 7) is 3.87. The van der Waals surface area contributed by atoms with E-state index in [-0.39, 0.29) is 12.1 Å². The highest BCUT2D eigenvalue weighted by atomic mass is 16.6. The Morgan fingerprint density at radius 1 is 1.40 bits per heavy atom. The van der Waals surface area contributed by atoms with E-state index in [2.05, 4.69) is 0 Å². The van der Waals surface area contributed by atoms with Gasteiger partial charge >= 0.3 is 5.97 Å². The Labute approximate surface area is 89.2 Å². The van der Waals surface area contributed by atoms with Crippen LogP contribution in [0.15, 0.2) is 11.6 Å². The molecule has 0 amide bonds. The number of carbonyl (C=O) groups excluding carboxylic acids is 1. The van der Waals surface area contributed by atoms with Gasteiger partial charge in [0.15, 0.2) is 0 Å². The number of esters is 1. The molecule has 15 heavy (non-hydrogen) atoms. The van der Waals surface area contributed by atoms with Gasteiger partial charge in [0.05, 0.1) is 19.3 Å². The maximum atomic E-state index is 11.6. The summed E-state index contributed by atoms with van der Waals surface area (Å²) in [7, 11) is 0. The van der Waals surface area contributed by atoms with E-state index < -0.39 is 0 Å². The lowest BCUT2D eigenvalue weighted by atomic mass is 10.1. The molecule has 4 heteroatoms. The van der Waals surface area contributed by atoms with Gasteiger partial charge in [-0.15, -0.1) is 0 Å². The Kier molecular flexibility index (Phi) is 3.38. The van der Waals surface area contributed by atoms with E-state index in [1.54, 1.807) is 0 Å². The number of ether oxygens (including phenoxy) is 3. The van der Waals surface area contributed by atoms with Crippen LogP contribution < -0.4 is 0 Å². The van der Waals surface area contributed by atoms with Crippen molar-refractivity contribution in [1.82, 2.24) is 0 Å². The normalized spacial score (nSPS) is 28.7. The molecule has 4 nitrogen and oxygen atoms in total. The van der Waals surface area contributed by atoms with Crippen LogP contribution in [0.5, 0.6) is 0 Å². The second kappa shape index (κ2) is 4.77. The zero-order valence-electron chi connectivity index (χ0n) is 8.90. The molecule has 2 unspecified atom stereocenters. The van der Waals surface area contributed by atoms with Crippen molar-refractivity contribution in [1.29, 1.82) is 0 Å². The van der Waals surface area contributed by atoms with Crippen molar-refractivity contribution in [3.8, 4) is 0 Å². The first-order valence-electron chi connectivity index (χ1n) is 5.39. The lowest BCUT2D eigenvalue weighted by Crippen LogP contribution is -2.12. The van der Waals surface area contributed by atoms with E-state index >= 15 is 0 Å². The summed E-state index contributed by atoms with van der Waals surface area (Å²) in [6.07, 6.45) is 3.91. The lowest BCUT2D eigenvalue weighted by Gasteiger charge is -2.04. The van der Waals surface area contributed by atoms with Crippen molar-refractivity contribution >= 4 is 5.97 Å². The van der Waals surface area contributed by atoms with Gasteiger partial charge in [0.2, 0.25) is 0 Å². The summed E-state index contributed by atoms with van der Waals surface area (Å²) in [5.74, 6) is -0.214. The molecule has 0 saturated carbocycles. The first-order chi connectivity index (χ1) is 7.29. The number of rotatable bonds is 6. The first kappa shape index (κ1) is 10.6. The zero-order valence-corrected chi connectivity index (χ0v) is 8.90. The summed E-state index contributed by atoms with van der Waals surface area (Å²) in [5.41, 5.74) is 0.742. The number of carbonyl (C=O) groups is 1. The van der Waals surface area contributed by atoms with Gasteiger partial charge in [0.25, 0.3) is 0 Å². The standard InChI is InChI=1S/C11H16O4/c1-2-8(3-4-9-5-13-9)11(12)15-7-10-6-14-10/h3,9-10H,2,4-7H2,1H3/b8-3+. The molecule has 2 heterocycles. The van der Waals surface area contributed by atoms with Gasteiger partial charge in [0.1, 0.15) is 12.7 Å². The van der Waals surface area contributed by atoms with Crippen LogP contribution in [0.3, 0.4) is 0 Å². The molecule has 0 radical (unpaired) electrons. The number of hydrogen-bond acceptors (Lipinski definition) is 4. The second-order valence-electron chi connectivity index (χ2n) is 3.83. The molecule has 0 bridgehead atoms. The van der Waals surface area contributed by atoms with E-state index in [4.69, 9.17) is 14.2 Å². The molecular weight excluding hydrogens is 196 g/mol. The SMILES string of the molecule is CC/C(=C\CC1CO1)C(=O)OCC1CO1. The van der Waals surface area contributed by atoms with Crippen molar-refractivity contribution in [2.45, 2.75) is 32.0 Å². The summed E-state index contributed by atoms with van der Waals surface area (Å²) in [5, 5.41) is 0. The topological polar surface area (TPSA) is 51.4 Å². The molecule has 84 valence electrons. The highest BCUT2D eigenvalue weighted by molar-refractivity contribution is 5.88. The third-order valence-electron chi connectivity index (χ3n) is 2.48. The van der Waals surface area contributed by atoms with E-state index in [0.29, 0.717) is 25.7 Å². The van der Waals surface area contributed by atoms with Crippen LogP contribution >= 0.6 is 0 Å². The predicted octanol–water partition coefficient (Wildman–Crippen LogP) is 1.05. The molecule has 2 atom stereocenters. The van der Waals surface area contributed by atoms with Crippen LogP contribution in [0.1, 0.15) is 19.8 Å². The van der Waals surface area contributed by atoms with Crippen LogP contribution in [0.25, 0.3) is 0 Å². The van der Waals surface area contributed by atoms with Crippen LogP contribution in [-0.2, 0) is 19.0 Å². The minimum Gasteiger partial charge on any atom is -0.459 e. The average molecular weight is 212 g/mol. The molecule has 0 N–H and O–H groups in total. The third-order valence-corrected chi connectivity index (χ3v) is 2.48. The molecule has 2 aliphatic rings. The highest BCUT2D eigenvalue weighted by Crippen LogP contribution is 2.17. The molecule has 0 spiro atoms. The maximum Gasteiger partial charge on any atom is 0.333 e. The fourth-order valence-corrected chi connectivity index (χ4v) is 1.28. The monoisotopic (exact) mass is 212 g/mol. The minimum absolute atomic E-state index is 0.138. The van der Waals surface area contributed by atoms with Gasteiger partial charge in [-0.05, 0) is 12.8 Å². The maximum absolute atomic E-state index is 11.6. The largest absolute Gasteiger partial charge is 0.459 e. The summed E-state index contributed by atoms with van der Waals surface area (Å²) >= 11 is 0. The molecule has 0 aromatic carbocycles. The van der Waals surface area contributed by atoms with Crippen molar-refractivity contribution in [2.75, 3.05) is 19.8 Å². The Hall–Kier alpha value is -0.870. The van der Waals surface area contributed by atoms with Crippen molar-refractivity contribution in [2.24, 2.45) is 0 Å². The van der Waals surface area contributed by atoms with Crippen molar-refractivity contribution < 1.29 is 19.0 Å². The van der Waals surface area contributed by atoms with Crippen molar-refractivity contribution in [3.05, 3.63) is 11.6 Å². The van der Waals surface area contributed by atoms with Crippen LogP contribution in [-0.4, -0.2) is 38.0 Å². The van der Waals surface area contributed by atoms with Gasteiger partial charge in [-0.25, -0.2) is 4.79 Å². The molecule has 0 aromatic heterocycles. The smallest absolute Gasteiger partial charge is 0.333 e. The van der Waals surface area contributed by atoms with E-state index in [9.17, 15) is 4.79 Å². The molecule has 0 aliphatic carbocycles. The molecule has 0 aromatic rings. The Morgan fingerprint density at radius 3 is 2.60 bits per heavy atom. The highest BCUT2D eigenvalue weighted by Gasteiger charge is 2.25. The molecular formula is C11H16O4. The van der Waals surface area contributed by atoms with E-state index in [0.717, 1.165) is 18.6 Å². The zero-order chi connectivity index (χ0) is 10.7. The van der Waals surface area contributed by atoms with Gasteiger partial charge in [0, 0.05) is 5.57 Å². The minimum atomic E-state index is -0.214. The Balaban J connectivity index is 1.74. The van der Waals surface area contributed by atoms with Crippen LogP contribution in [0, 0.1) is 0 Å². The predicted molar refractivity (Wildman–Crippen MR) is 53.4 cm³/mol. The third kappa shape index (κ3) is 3.64. The second-order valence-corrected chi connectivity index (χ2v) is 3.83. The van der Waals surface area contributed by atoms with E-state index in [1.807, 2.05) is 13.0 Å². The van der Waals surface area contributed by atoms with Gasteiger partial charge in [-0.1, -0.05) is 13.0 Å². The van der Waals surface area contributed by atoms with Gasteiger partial charge < -0.3 is 14.2 Å². The van der Waals surface area contributed by atoms with Crippen LogP contribution in [0.4, 0.5) is 0 Å². The van der Waals surface area contributed by atoms with E-state index in [1.165, 1.54) is 0 Å². The summed E-state index contributed by atoms with van der Waals surface area (Å²) in [4.78, 5) is 11.6. The fraction of sp³-hybridized carbons (Fsp3) is 0.727. The first-order valence-corrected chi connectivity index (χ1v) is 5.39. The molecule has 2 aliphatic heterocycles. The average Bonchev–Trinajstić information content (AvgIpc) is 3.10. The van der Waals surface area contributed by atoms with Crippen LogP contribution in [0.2, 0.25) is 0 Å². The van der Waals surface area contributed by atoms with Gasteiger partial charge in [-0.2, -0.15) is 0 Å². The number of epoxide rings is 2. The fourth-order valence-electron chi connectivity index (χ4n) is 1.28. The number of hydrogen-bond donors (Lipinski definition) is 0. The summed E-state index contributed by atoms with van der Waals surface area (Å²) in [6, 6.07) is 0. The Bertz CT molecular complexity index is 264. The quantitative estimate of drug-likeness (QED) is 0.375. The summed E-state index contributed by atoms with van der Waals surface area (Å²) < 4.78 is 15.1. The van der Waals surface area contributed by atoms with Gasteiger partial charge in [-0.3, -0.25) is 0 Å². The molecule has 2 saturated heterocycles. The van der Waals surface area contributed by atoms with Crippen molar-refractivity contribution in [3.63, 3.8) is 0 Å². The lowest BCUT2D eigenvalue weighted by molar-refractivity contribution is -0.139.